The van der Waals surface area contributed by atoms with E-state index in [2.05, 4.69) is 26.6 Å². The summed E-state index contributed by atoms with van der Waals surface area (Å²) in [5.74, 6) is -1.68. The lowest BCUT2D eigenvalue weighted by Crippen LogP contribution is -2.57. The molecule has 48 heavy (non-hydrogen) atoms. The van der Waals surface area contributed by atoms with Crippen molar-refractivity contribution >= 4 is 39.2 Å². The summed E-state index contributed by atoms with van der Waals surface area (Å²) < 4.78 is 29.9. The van der Waals surface area contributed by atoms with Crippen LogP contribution in [-0.2, 0) is 20.6 Å². The average Bonchev–Trinajstić information content (AvgIpc) is 3.48. The fourth-order valence-corrected chi connectivity index (χ4v) is 7.14. The van der Waals surface area contributed by atoms with Gasteiger partial charge in [0.15, 0.2) is 5.11 Å². The van der Waals surface area contributed by atoms with E-state index in [1.54, 1.807) is 36.4 Å². The third-order valence-electron chi connectivity index (χ3n) is 8.82. The minimum Gasteiger partial charge on any atom is -0.396 e. The van der Waals surface area contributed by atoms with Crippen LogP contribution in [0.2, 0.25) is 0 Å². The summed E-state index contributed by atoms with van der Waals surface area (Å²) in [6.45, 7) is -0.417. The van der Waals surface area contributed by atoms with Gasteiger partial charge in [0.25, 0.3) is 5.91 Å². The Morgan fingerprint density at radius 2 is 1.40 bits per heavy atom. The minimum atomic E-state index is -1.35. The van der Waals surface area contributed by atoms with Gasteiger partial charge in [-0.2, -0.15) is 0 Å². The molecule has 0 bridgehead atoms. The van der Waals surface area contributed by atoms with Crippen molar-refractivity contribution in [2.45, 2.75) is 17.2 Å². The molecule has 6 rings (SSSR count). The molecule has 9 heteroatoms. The zero-order valence-electron chi connectivity index (χ0n) is 25.9. The number of carbonyl (C=O) groups excluding carboxylic acids is 1. The number of aliphatic hydroxyl groups is 1. The van der Waals surface area contributed by atoms with Crippen LogP contribution in [0.1, 0.15) is 32.6 Å². The summed E-state index contributed by atoms with van der Waals surface area (Å²) in [4.78, 5) is 13.0. The first-order chi connectivity index (χ1) is 23.4. The van der Waals surface area contributed by atoms with E-state index < -0.39 is 41.5 Å². The normalized spacial score (nSPS) is 19.1. The Labute approximate surface area is 293 Å². The van der Waals surface area contributed by atoms with Crippen molar-refractivity contribution in [1.29, 1.82) is 0 Å². The molecule has 1 fully saturated rings. The van der Waals surface area contributed by atoms with Crippen molar-refractivity contribution in [3.8, 4) is 0 Å². The zero-order chi connectivity index (χ0) is 33.6. The van der Waals surface area contributed by atoms with Gasteiger partial charge >= 0.3 is 0 Å². The van der Waals surface area contributed by atoms with Crippen LogP contribution in [0.4, 0.5) is 4.39 Å². The summed E-state index contributed by atoms with van der Waals surface area (Å²) in [7, 11) is 0. The van der Waals surface area contributed by atoms with E-state index in [0.717, 1.165) is 16.7 Å². The molecule has 0 aromatic heterocycles. The van der Waals surface area contributed by atoms with Gasteiger partial charge in [0.1, 0.15) is 11.4 Å². The fraction of sp³-hybridized carbons (Fsp3) is 0.179. The van der Waals surface area contributed by atoms with Gasteiger partial charge in [0.05, 0.1) is 31.5 Å². The number of benzene rings is 5. The van der Waals surface area contributed by atoms with Crippen LogP contribution < -0.4 is 10.6 Å². The molecule has 244 valence electrons. The van der Waals surface area contributed by atoms with Gasteiger partial charge in [-0.3, -0.25) is 10.1 Å². The molecule has 3 N–H and O–H groups in total. The molecular weight excluding hydrogens is 691 g/mol. The Hall–Kier alpha value is -4.25. The Bertz CT molecular complexity index is 1750. The topological polar surface area (TPSA) is 79.8 Å². The minimum absolute atomic E-state index is 0.0287. The Balaban J connectivity index is 1.37. The summed E-state index contributed by atoms with van der Waals surface area (Å²) in [5.41, 5.74) is 0.985. The maximum absolute atomic E-state index is 15.8. The number of halogens is 2. The number of carbonyl (C=O) groups is 1. The lowest BCUT2D eigenvalue weighted by Gasteiger charge is -2.39. The molecule has 0 spiro atoms. The molecule has 0 unspecified atom stereocenters. The SMILES string of the molecule is O=C(NC(=S)N[C@@]1(c2cc(Br)ccc2F)CO[C@H](COC(c2ccccc2)(c2ccccc2)c2ccccc2)[C@H]1CO)c1ccccc1. The molecule has 1 aliphatic rings. The Kier molecular flexibility index (Phi) is 10.4. The van der Waals surface area contributed by atoms with Gasteiger partial charge in [-0.05, 0) is 59.2 Å². The summed E-state index contributed by atoms with van der Waals surface area (Å²) in [6, 6.07) is 43.1. The quantitative estimate of drug-likeness (QED) is 0.105. The predicted molar refractivity (Wildman–Crippen MR) is 191 cm³/mol. The standard InChI is InChI=1S/C39H34BrFN2O4S/c40-31-21-22-34(41)32(23-31)38(43-37(48)42-36(45)27-13-5-1-6-14-27)26-46-35(33(38)24-44)25-47-39(28-15-7-2-8-16-28,29-17-9-3-10-18-29)30-19-11-4-12-20-30/h1-23,33,35,44H,24-26H2,(H2,42,43,45,48)/t33-,35-,38-/m1/s1. The highest BCUT2D eigenvalue weighted by atomic mass is 79.9. The third kappa shape index (κ3) is 6.70. The van der Waals surface area contributed by atoms with Gasteiger partial charge in [-0.25, -0.2) is 4.39 Å². The molecule has 3 atom stereocenters. The molecular formula is C39H34BrFN2O4S. The van der Waals surface area contributed by atoms with Gasteiger partial charge in [-0.1, -0.05) is 125 Å². The molecule has 1 saturated heterocycles. The molecule has 5 aromatic rings. The fourth-order valence-electron chi connectivity index (χ4n) is 6.50. The first kappa shape index (κ1) is 33.6. The van der Waals surface area contributed by atoms with Gasteiger partial charge in [-0.15, -0.1) is 0 Å². The van der Waals surface area contributed by atoms with Crippen LogP contribution in [-0.4, -0.2) is 42.1 Å². The second-order valence-corrected chi connectivity index (χ2v) is 12.9. The number of thiocarbonyl (C=S) groups is 1. The van der Waals surface area contributed by atoms with Crippen molar-refractivity contribution in [3.05, 3.63) is 178 Å². The highest BCUT2D eigenvalue weighted by Gasteiger charge is 2.53. The predicted octanol–water partition coefficient (Wildman–Crippen LogP) is 7.10. The van der Waals surface area contributed by atoms with Crippen LogP contribution >= 0.6 is 28.1 Å². The highest BCUT2D eigenvalue weighted by Crippen LogP contribution is 2.45. The molecule has 6 nitrogen and oxygen atoms in total. The van der Waals surface area contributed by atoms with E-state index in [1.165, 1.54) is 6.07 Å². The maximum Gasteiger partial charge on any atom is 0.257 e. The molecule has 5 aromatic carbocycles. The van der Waals surface area contributed by atoms with Gasteiger partial charge in [0, 0.05) is 21.5 Å². The van der Waals surface area contributed by atoms with E-state index in [1.807, 2.05) is 97.1 Å². The lowest BCUT2D eigenvalue weighted by molar-refractivity contribution is -0.0603. The molecule has 1 aliphatic heterocycles. The number of hydrogen-bond acceptors (Lipinski definition) is 5. The molecule has 1 amide bonds. The largest absolute Gasteiger partial charge is 0.396 e. The molecule has 0 aliphatic carbocycles. The molecule has 0 saturated carbocycles. The van der Waals surface area contributed by atoms with Crippen molar-refractivity contribution < 1.29 is 23.8 Å². The van der Waals surface area contributed by atoms with Crippen LogP contribution in [0.15, 0.2) is 144 Å². The number of hydrogen-bond donors (Lipinski definition) is 3. The average molecular weight is 726 g/mol. The number of ether oxygens (including phenoxy) is 2. The van der Waals surface area contributed by atoms with E-state index in [4.69, 9.17) is 21.7 Å². The van der Waals surface area contributed by atoms with Crippen molar-refractivity contribution in [3.63, 3.8) is 0 Å². The van der Waals surface area contributed by atoms with Crippen LogP contribution in [0.5, 0.6) is 0 Å². The number of rotatable bonds is 10. The molecule has 1 heterocycles. The first-order valence-corrected chi connectivity index (χ1v) is 16.7. The first-order valence-electron chi connectivity index (χ1n) is 15.5. The third-order valence-corrected chi connectivity index (χ3v) is 9.51. The van der Waals surface area contributed by atoms with Gasteiger partial charge in [0.2, 0.25) is 0 Å². The van der Waals surface area contributed by atoms with E-state index in [9.17, 15) is 9.90 Å². The van der Waals surface area contributed by atoms with E-state index >= 15 is 4.39 Å². The van der Waals surface area contributed by atoms with Crippen LogP contribution in [0, 0.1) is 11.7 Å². The van der Waals surface area contributed by atoms with Gasteiger partial charge < -0.3 is 19.9 Å². The smallest absolute Gasteiger partial charge is 0.257 e. The zero-order valence-corrected chi connectivity index (χ0v) is 28.3. The number of aliphatic hydroxyl groups excluding tert-OH is 1. The second kappa shape index (κ2) is 14.9. The Morgan fingerprint density at radius 3 is 1.92 bits per heavy atom. The monoisotopic (exact) mass is 724 g/mol. The van der Waals surface area contributed by atoms with Crippen LogP contribution in [0.25, 0.3) is 0 Å². The Morgan fingerprint density at radius 1 is 0.875 bits per heavy atom. The summed E-state index contributed by atoms with van der Waals surface area (Å²) >= 11 is 9.10. The van der Waals surface area contributed by atoms with E-state index in [0.29, 0.717) is 10.0 Å². The van der Waals surface area contributed by atoms with Crippen molar-refractivity contribution in [1.82, 2.24) is 10.6 Å². The summed E-state index contributed by atoms with van der Waals surface area (Å²) in [6.07, 6.45) is -0.705. The number of amides is 1. The molecule has 0 radical (unpaired) electrons. The summed E-state index contributed by atoms with van der Waals surface area (Å²) in [5, 5.41) is 16.9. The van der Waals surface area contributed by atoms with E-state index in [-0.39, 0.29) is 23.9 Å². The second-order valence-electron chi connectivity index (χ2n) is 11.6. The highest BCUT2D eigenvalue weighted by molar-refractivity contribution is 9.10. The number of nitrogens with one attached hydrogen (secondary N) is 2. The maximum atomic E-state index is 15.8. The van der Waals surface area contributed by atoms with Crippen molar-refractivity contribution in [2.24, 2.45) is 5.92 Å². The van der Waals surface area contributed by atoms with Crippen LogP contribution in [0.3, 0.4) is 0 Å². The van der Waals surface area contributed by atoms with Crippen molar-refractivity contribution in [2.75, 3.05) is 19.8 Å². The lowest BCUT2D eigenvalue weighted by atomic mass is 9.77.